The number of halogens is 1. The lowest BCUT2D eigenvalue weighted by Crippen LogP contribution is -2.19. The molecule has 0 spiro atoms. The molecule has 0 saturated heterocycles. The smallest absolute Gasteiger partial charge is 0.331 e. The molecule has 30 heavy (non-hydrogen) atoms. The molecule has 0 fully saturated rings. The minimum atomic E-state index is -0.670. The van der Waals surface area contributed by atoms with Gasteiger partial charge < -0.3 is 14.2 Å². The zero-order valence-corrected chi connectivity index (χ0v) is 18.1. The number of methoxy groups -OCH3 is 2. The normalized spacial score (nSPS) is 10.9. The number of ether oxygens (including phenoxy) is 3. The topological polar surface area (TPSA) is 86.8 Å². The molecule has 1 aromatic heterocycles. The Morgan fingerprint density at radius 1 is 1.20 bits per heavy atom. The van der Waals surface area contributed by atoms with Crippen LogP contribution in [-0.2, 0) is 14.3 Å². The van der Waals surface area contributed by atoms with Gasteiger partial charge in [0.1, 0.15) is 0 Å². The maximum absolute atomic E-state index is 12.0. The van der Waals surface area contributed by atoms with Gasteiger partial charge in [0.15, 0.2) is 23.2 Å². The van der Waals surface area contributed by atoms with E-state index in [1.54, 1.807) is 12.1 Å². The minimum absolute atomic E-state index is 0.343. The summed E-state index contributed by atoms with van der Waals surface area (Å²) in [5.74, 6) is -0.304. The molecule has 0 aliphatic heterocycles. The third-order valence-corrected chi connectivity index (χ3v) is 5.22. The Balaban J connectivity index is 1.56. The highest BCUT2D eigenvalue weighted by atomic mass is 35.5. The van der Waals surface area contributed by atoms with Crippen LogP contribution in [0.15, 0.2) is 36.4 Å². The number of aromatic nitrogens is 1. The number of aryl methyl sites for hydroxylation is 1. The molecule has 9 heteroatoms. The second-order valence-corrected chi connectivity index (χ2v) is 7.66. The summed E-state index contributed by atoms with van der Waals surface area (Å²) in [4.78, 5) is 28.3. The number of benzene rings is 2. The van der Waals surface area contributed by atoms with Gasteiger partial charge in [0.25, 0.3) is 5.91 Å². The van der Waals surface area contributed by atoms with Crippen molar-refractivity contribution in [1.82, 2.24) is 4.98 Å². The lowest BCUT2D eigenvalue weighted by molar-refractivity contribution is -0.142. The summed E-state index contributed by atoms with van der Waals surface area (Å²) < 4.78 is 16.3. The molecule has 1 heterocycles. The van der Waals surface area contributed by atoms with Crippen molar-refractivity contribution in [2.24, 2.45) is 0 Å². The van der Waals surface area contributed by atoms with Crippen LogP contribution in [0.1, 0.15) is 11.1 Å². The van der Waals surface area contributed by atoms with Gasteiger partial charge in [-0.3, -0.25) is 10.1 Å². The van der Waals surface area contributed by atoms with Gasteiger partial charge in [0.2, 0.25) is 0 Å². The molecule has 0 saturated carbocycles. The number of hydrogen-bond acceptors (Lipinski definition) is 7. The average molecular weight is 447 g/mol. The number of rotatable bonds is 7. The standard InChI is InChI=1S/C21H19ClN2O5S/c1-12-4-6-15-17(8-12)30-21(23-15)24-18(25)11-29-19(26)7-5-13-9-14(22)20(28-3)16(10-13)27-2/h4-10H,11H2,1-3H3,(H,23,24,25)/b7-5+. The molecule has 7 nitrogen and oxygen atoms in total. The van der Waals surface area contributed by atoms with Gasteiger partial charge in [0.05, 0.1) is 29.5 Å². The second-order valence-electron chi connectivity index (χ2n) is 6.22. The van der Waals surface area contributed by atoms with E-state index in [1.807, 2.05) is 25.1 Å². The van der Waals surface area contributed by atoms with E-state index in [9.17, 15) is 9.59 Å². The molecule has 3 rings (SSSR count). The number of carbonyl (C=O) groups is 2. The molecule has 3 aromatic rings. The van der Waals surface area contributed by atoms with Crippen molar-refractivity contribution in [2.45, 2.75) is 6.92 Å². The van der Waals surface area contributed by atoms with Crippen molar-refractivity contribution in [3.05, 3.63) is 52.6 Å². The molecule has 156 valence electrons. The number of hydrogen-bond donors (Lipinski definition) is 1. The highest BCUT2D eigenvalue weighted by Gasteiger charge is 2.11. The van der Waals surface area contributed by atoms with E-state index < -0.39 is 18.5 Å². The van der Waals surface area contributed by atoms with Gasteiger partial charge in [-0.2, -0.15) is 0 Å². The van der Waals surface area contributed by atoms with Crippen molar-refractivity contribution in [3.63, 3.8) is 0 Å². The van der Waals surface area contributed by atoms with Crippen molar-refractivity contribution in [2.75, 3.05) is 26.1 Å². The summed E-state index contributed by atoms with van der Waals surface area (Å²) >= 11 is 7.49. The summed E-state index contributed by atoms with van der Waals surface area (Å²) in [7, 11) is 2.97. The van der Waals surface area contributed by atoms with Gasteiger partial charge in [-0.15, -0.1) is 0 Å². The summed E-state index contributed by atoms with van der Waals surface area (Å²) in [6.07, 6.45) is 2.70. The molecule has 1 N–H and O–H groups in total. The molecular formula is C21H19ClN2O5S. The monoisotopic (exact) mass is 446 g/mol. The van der Waals surface area contributed by atoms with Crippen molar-refractivity contribution in [1.29, 1.82) is 0 Å². The molecule has 2 aromatic carbocycles. The Morgan fingerprint density at radius 2 is 2.00 bits per heavy atom. The fraction of sp³-hybridized carbons (Fsp3) is 0.190. The predicted octanol–water partition coefficient (Wildman–Crippen LogP) is 4.47. The van der Waals surface area contributed by atoms with Crippen LogP contribution >= 0.6 is 22.9 Å². The van der Waals surface area contributed by atoms with E-state index in [0.717, 1.165) is 15.8 Å². The van der Waals surface area contributed by atoms with Crippen LogP contribution in [-0.4, -0.2) is 37.7 Å². The number of nitrogens with zero attached hydrogens (tertiary/aromatic N) is 1. The molecule has 0 atom stereocenters. The van der Waals surface area contributed by atoms with E-state index in [0.29, 0.717) is 27.2 Å². The number of esters is 1. The fourth-order valence-electron chi connectivity index (χ4n) is 2.62. The maximum Gasteiger partial charge on any atom is 0.331 e. The van der Waals surface area contributed by atoms with Crippen LogP contribution in [0.4, 0.5) is 5.13 Å². The first-order valence-electron chi connectivity index (χ1n) is 8.83. The molecular weight excluding hydrogens is 428 g/mol. The Kier molecular flexibility index (Phi) is 6.91. The lowest BCUT2D eigenvalue weighted by atomic mass is 10.2. The molecule has 1 amide bonds. The maximum atomic E-state index is 12.0. The summed E-state index contributed by atoms with van der Waals surface area (Å²) in [6, 6.07) is 9.12. The van der Waals surface area contributed by atoms with Crippen LogP contribution in [0.5, 0.6) is 11.5 Å². The second kappa shape index (κ2) is 9.60. The fourth-order valence-corrected chi connectivity index (χ4v) is 3.90. The average Bonchev–Trinajstić information content (AvgIpc) is 3.11. The van der Waals surface area contributed by atoms with Crippen molar-refractivity contribution in [3.8, 4) is 11.5 Å². The largest absolute Gasteiger partial charge is 0.493 e. The van der Waals surface area contributed by atoms with Crippen LogP contribution < -0.4 is 14.8 Å². The zero-order chi connectivity index (χ0) is 21.7. The van der Waals surface area contributed by atoms with Crippen molar-refractivity contribution < 1.29 is 23.8 Å². The SMILES string of the molecule is COc1cc(/C=C/C(=O)OCC(=O)Nc2nc3ccc(C)cc3s2)cc(Cl)c1OC. The Hall–Kier alpha value is -3.10. The quantitative estimate of drug-likeness (QED) is 0.425. The van der Waals surface area contributed by atoms with E-state index in [-0.39, 0.29) is 0 Å². The highest BCUT2D eigenvalue weighted by molar-refractivity contribution is 7.22. The van der Waals surface area contributed by atoms with Gasteiger partial charge >= 0.3 is 5.97 Å². The first kappa shape index (κ1) is 21.6. The molecule has 0 radical (unpaired) electrons. The molecule has 0 unspecified atom stereocenters. The number of amides is 1. The summed E-state index contributed by atoms with van der Waals surface area (Å²) in [5, 5.41) is 3.43. The van der Waals surface area contributed by atoms with Crippen LogP contribution in [0, 0.1) is 6.92 Å². The minimum Gasteiger partial charge on any atom is -0.493 e. The summed E-state index contributed by atoms with van der Waals surface area (Å²) in [5.41, 5.74) is 2.53. The number of nitrogens with one attached hydrogen (secondary N) is 1. The molecule has 0 aliphatic carbocycles. The lowest BCUT2D eigenvalue weighted by Gasteiger charge is -2.10. The van der Waals surface area contributed by atoms with E-state index in [4.69, 9.17) is 25.8 Å². The van der Waals surface area contributed by atoms with E-state index in [1.165, 1.54) is 37.7 Å². The zero-order valence-electron chi connectivity index (χ0n) is 16.5. The first-order chi connectivity index (χ1) is 14.4. The molecule has 0 aliphatic rings. The van der Waals surface area contributed by atoms with Crippen LogP contribution in [0.3, 0.4) is 0 Å². The highest BCUT2D eigenvalue weighted by Crippen LogP contribution is 2.36. The number of thiazole rings is 1. The Bertz CT molecular complexity index is 1130. The third-order valence-electron chi connectivity index (χ3n) is 4.00. The van der Waals surface area contributed by atoms with E-state index in [2.05, 4.69) is 10.3 Å². The first-order valence-corrected chi connectivity index (χ1v) is 10.0. The number of carbonyl (C=O) groups excluding carboxylic acids is 2. The van der Waals surface area contributed by atoms with Gasteiger partial charge in [0, 0.05) is 6.08 Å². The molecule has 0 bridgehead atoms. The van der Waals surface area contributed by atoms with Gasteiger partial charge in [-0.05, 0) is 48.4 Å². The van der Waals surface area contributed by atoms with Crippen molar-refractivity contribution >= 4 is 56.2 Å². The van der Waals surface area contributed by atoms with Gasteiger partial charge in [-0.25, -0.2) is 9.78 Å². The summed E-state index contributed by atoms with van der Waals surface area (Å²) in [6.45, 7) is 1.56. The number of fused-ring (bicyclic) bond motifs is 1. The Morgan fingerprint density at radius 3 is 2.73 bits per heavy atom. The van der Waals surface area contributed by atoms with Crippen LogP contribution in [0.25, 0.3) is 16.3 Å². The van der Waals surface area contributed by atoms with Crippen LogP contribution in [0.2, 0.25) is 5.02 Å². The predicted molar refractivity (Wildman–Crippen MR) is 118 cm³/mol. The third kappa shape index (κ3) is 5.28. The van der Waals surface area contributed by atoms with Gasteiger partial charge in [-0.1, -0.05) is 29.0 Å². The van der Waals surface area contributed by atoms with E-state index >= 15 is 0 Å². The number of anilines is 1. The Labute approximate surface area is 182 Å².